The Balaban J connectivity index is 4.21. The van der Waals surface area contributed by atoms with Gasteiger partial charge in [0.1, 0.15) is 12.1 Å². The first-order valence-electron chi connectivity index (χ1n) is 21.7. The second-order valence-electron chi connectivity index (χ2n) is 14.8. The lowest BCUT2D eigenvalue weighted by molar-refractivity contribution is -0.147. The highest BCUT2D eigenvalue weighted by molar-refractivity contribution is 5.87. The fraction of sp³-hybridized carbons (Fsp3) is 0.818. The van der Waals surface area contributed by atoms with E-state index < -0.39 is 24.5 Å². The van der Waals surface area contributed by atoms with Crippen LogP contribution in [-0.4, -0.2) is 59.3 Å². The summed E-state index contributed by atoms with van der Waals surface area (Å²) in [6.45, 7) is 3.47. The molecule has 2 amide bonds. The molecule has 0 rings (SSSR count). The summed E-state index contributed by atoms with van der Waals surface area (Å²) < 4.78 is 5.94. The topological polar surface area (TPSA) is 142 Å². The number of carboxylic acids is 1. The number of nitrogens with one attached hydrogen (secondary N) is 2. The maximum absolute atomic E-state index is 12.7. The highest BCUT2D eigenvalue weighted by Crippen LogP contribution is 2.16. The van der Waals surface area contributed by atoms with Gasteiger partial charge in [0.25, 0.3) is 0 Å². The third-order valence-corrected chi connectivity index (χ3v) is 9.66. The van der Waals surface area contributed by atoms with Crippen molar-refractivity contribution in [3.63, 3.8) is 0 Å². The van der Waals surface area contributed by atoms with Crippen LogP contribution in [0.3, 0.4) is 0 Å². The molecule has 308 valence electrons. The van der Waals surface area contributed by atoms with E-state index in [4.69, 9.17) is 14.9 Å². The van der Waals surface area contributed by atoms with Gasteiger partial charge in [0.2, 0.25) is 11.8 Å². The number of hydrogen-bond acceptors (Lipinski definition) is 6. The summed E-state index contributed by atoms with van der Waals surface area (Å²) in [5.41, 5.74) is 0. The highest BCUT2D eigenvalue weighted by atomic mass is 16.5. The number of rotatable bonds is 39. The Bertz CT molecular complexity index is 952. The molecule has 4 N–H and O–H groups in total. The molecule has 0 aromatic heterocycles. The molecule has 0 saturated heterocycles. The van der Waals surface area contributed by atoms with Gasteiger partial charge in [0.05, 0.1) is 13.2 Å². The van der Waals surface area contributed by atoms with Crippen LogP contribution in [0.2, 0.25) is 0 Å². The molecule has 2 atom stereocenters. The maximum atomic E-state index is 12.7. The number of hydrogen-bond donors (Lipinski definition) is 4. The Hall–Kier alpha value is -2.68. The fourth-order valence-corrected chi connectivity index (χ4v) is 6.27. The minimum atomic E-state index is -1.38. The van der Waals surface area contributed by atoms with E-state index in [0.717, 1.165) is 64.2 Å². The molecule has 0 aromatic rings. The molecule has 2 unspecified atom stereocenters. The Morgan fingerprint density at radius 1 is 0.566 bits per heavy atom. The number of unbranched alkanes of at least 4 members (excludes halogenated alkanes) is 23. The summed E-state index contributed by atoms with van der Waals surface area (Å²) in [6.07, 6.45) is 42.3. The predicted octanol–water partition coefficient (Wildman–Crippen LogP) is 10.4. The summed E-state index contributed by atoms with van der Waals surface area (Å²) in [4.78, 5) is 47.4. The maximum Gasteiger partial charge on any atom is 0.328 e. The average Bonchev–Trinajstić information content (AvgIpc) is 3.14. The number of aliphatic hydroxyl groups is 1. The predicted molar refractivity (Wildman–Crippen MR) is 218 cm³/mol. The minimum absolute atomic E-state index is 0.0848. The second kappa shape index (κ2) is 39.0. The molecule has 0 heterocycles. The van der Waals surface area contributed by atoms with Gasteiger partial charge in [0.15, 0.2) is 0 Å². The van der Waals surface area contributed by atoms with E-state index in [1.807, 2.05) is 0 Å². The van der Waals surface area contributed by atoms with Crippen LogP contribution in [0.25, 0.3) is 0 Å². The van der Waals surface area contributed by atoms with Crippen molar-refractivity contribution >= 4 is 23.8 Å². The number of carbonyl (C=O) groups excluding carboxylic acids is 3. The molecule has 53 heavy (non-hydrogen) atoms. The van der Waals surface area contributed by atoms with E-state index in [-0.39, 0.29) is 24.5 Å². The Morgan fingerprint density at radius 2 is 1.02 bits per heavy atom. The zero-order valence-corrected chi connectivity index (χ0v) is 34.0. The normalized spacial score (nSPS) is 12.7. The number of esters is 1. The molecule has 0 aliphatic carbocycles. The van der Waals surface area contributed by atoms with Crippen molar-refractivity contribution in [2.45, 2.75) is 219 Å². The van der Waals surface area contributed by atoms with Crippen LogP contribution in [0.1, 0.15) is 206 Å². The molecule has 0 aliphatic heterocycles. The van der Waals surface area contributed by atoms with Crippen molar-refractivity contribution in [3.05, 3.63) is 24.3 Å². The first kappa shape index (κ1) is 50.3. The van der Waals surface area contributed by atoms with Crippen molar-refractivity contribution < 1.29 is 34.1 Å². The Labute approximate surface area is 324 Å². The van der Waals surface area contributed by atoms with Crippen LogP contribution in [-0.2, 0) is 23.9 Å². The quantitative estimate of drug-likeness (QED) is 0.0278. The second-order valence-corrected chi connectivity index (χ2v) is 14.8. The number of carboxylic acid groups (broad SMARTS) is 1. The lowest BCUT2D eigenvalue weighted by Gasteiger charge is -2.15. The lowest BCUT2D eigenvalue weighted by Crippen LogP contribution is -2.47. The SMILES string of the molecule is CCCCCCCC/C=C\C(CCCCCCCCC(=O)NCC(=O)NC(CO)C(=O)O)OC(=O)CCCCCCC/C=C\CCCCCCCCC. The monoisotopic (exact) mass is 749 g/mol. The largest absolute Gasteiger partial charge is 0.480 e. The molecular formula is C44H80N2O7. The summed E-state index contributed by atoms with van der Waals surface area (Å²) in [5.74, 6) is -2.33. The summed E-state index contributed by atoms with van der Waals surface area (Å²) in [7, 11) is 0. The molecule has 0 spiro atoms. The van der Waals surface area contributed by atoms with Gasteiger partial charge in [-0.2, -0.15) is 0 Å². The highest BCUT2D eigenvalue weighted by Gasteiger charge is 2.18. The van der Waals surface area contributed by atoms with Crippen LogP contribution in [0.15, 0.2) is 24.3 Å². The number of carbonyl (C=O) groups is 4. The molecular weight excluding hydrogens is 668 g/mol. The molecule has 0 fully saturated rings. The first-order chi connectivity index (χ1) is 25.8. The fourth-order valence-electron chi connectivity index (χ4n) is 6.27. The standard InChI is InChI=1S/C44H80N2O7/c1-3-5-7-9-11-13-14-15-16-17-18-19-20-22-28-32-36-43(50)53-39(33-29-25-21-12-10-8-6-4-2)34-30-26-23-24-27-31-35-41(48)45-37-42(49)46-40(38-47)44(51)52/h16-17,29,33,39-40,47H,3-15,18-28,30-32,34-38H2,1-2H3,(H,45,48)(H,46,49)(H,51,52)/b17-16-,33-29-. The molecule has 0 bridgehead atoms. The summed E-state index contributed by atoms with van der Waals surface area (Å²) >= 11 is 0. The average molecular weight is 749 g/mol. The number of aliphatic hydroxyl groups excluding tert-OH is 1. The molecule has 0 radical (unpaired) electrons. The zero-order chi connectivity index (χ0) is 39.0. The van der Waals surface area contributed by atoms with Crippen molar-refractivity contribution in [3.8, 4) is 0 Å². The third kappa shape index (κ3) is 36.1. The van der Waals surface area contributed by atoms with Crippen molar-refractivity contribution in [1.29, 1.82) is 0 Å². The van der Waals surface area contributed by atoms with Gasteiger partial charge in [-0.15, -0.1) is 0 Å². The molecule has 0 aliphatic rings. The van der Waals surface area contributed by atoms with Crippen LogP contribution in [0, 0.1) is 0 Å². The van der Waals surface area contributed by atoms with Gasteiger partial charge >= 0.3 is 11.9 Å². The van der Waals surface area contributed by atoms with Gasteiger partial charge in [0, 0.05) is 12.8 Å². The van der Waals surface area contributed by atoms with Gasteiger partial charge < -0.3 is 25.6 Å². The van der Waals surface area contributed by atoms with Gasteiger partial charge in [-0.05, 0) is 70.3 Å². The van der Waals surface area contributed by atoms with E-state index in [1.165, 1.54) is 109 Å². The number of amides is 2. The molecule has 0 saturated carbocycles. The number of aliphatic carboxylic acids is 1. The van der Waals surface area contributed by atoms with Crippen LogP contribution in [0.4, 0.5) is 0 Å². The number of allylic oxidation sites excluding steroid dienone is 3. The van der Waals surface area contributed by atoms with Crippen molar-refractivity contribution in [1.82, 2.24) is 10.6 Å². The Kier molecular flexibility index (Phi) is 37.1. The van der Waals surface area contributed by atoms with Crippen molar-refractivity contribution in [2.24, 2.45) is 0 Å². The van der Waals surface area contributed by atoms with Crippen LogP contribution in [0.5, 0.6) is 0 Å². The van der Waals surface area contributed by atoms with Crippen molar-refractivity contribution in [2.75, 3.05) is 13.2 Å². The van der Waals surface area contributed by atoms with E-state index in [0.29, 0.717) is 19.3 Å². The van der Waals surface area contributed by atoms with E-state index in [9.17, 15) is 19.2 Å². The van der Waals surface area contributed by atoms with Gasteiger partial charge in [-0.3, -0.25) is 14.4 Å². The lowest BCUT2D eigenvalue weighted by atomic mass is 10.0. The van der Waals surface area contributed by atoms with Gasteiger partial charge in [-0.1, -0.05) is 148 Å². The van der Waals surface area contributed by atoms with Crippen LogP contribution >= 0.6 is 0 Å². The van der Waals surface area contributed by atoms with E-state index in [1.54, 1.807) is 0 Å². The summed E-state index contributed by atoms with van der Waals surface area (Å²) in [5, 5.41) is 22.5. The smallest absolute Gasteiger partial charge is 0.328 e. The Morgan fingerprint density at radius 3 is 1.53 bits per heavy atom. The van der Waals surface area contributed by atoms with E-state index >= 15 is 0 Å². The molecule has 0 aromatic carbocycles. The number of ether oxygens (including phenoxy) is 1. The minimum Gasteiger partial charge on any atom is -0.480 e. The summed E-state index contributed by atoms with van der Waals surface area (Å²) in [6, 6.07) is -1.38. The van der Waals surface area contributed by atoms with E-state index in [2.05, 4.69) is 48.8 Å². The van der Waals surface area contributed by atoms with Gasteiger partial charge in [-0.25, -0.2) is 4.79 Å². The molecule has 9 nitrogen and oxygen atoms in total. The van der Waals surface area contributed by atoms with Crippen LogP contribution < -0.4 is 10.6 Å². The molecule has 9 heteroatoms. The zero-order valence-electron chi connectivity index (χ0n) is 34.0. The third-order valence-electron chi connectivity index (χ3n) is 9.66. The first-order valence-corrected chi connectivity index (χ1v) is 21.7.